The van der Waals surface area contributed by atoms with Gasteiger partial charge in [-0.15, -0.1) is 0 Å². The number of carbonyl (C=O) groups is 6. The van der Waals surface area contributed by atoms with Gasteiger partial charge in [-0.2, -0.15) is 0 Å². The molecular formula is C22H40N6O8. The monoisotopic (exact) mass is 516 g/mol. The number of carbonyl (C=O) groups excluding carboxylic acids is 4. The fourth-order valence-corrected chi connectivity index (χ4v) is 3.17. The second-order valence-electron chi connectivity index (χ2n) is 8.65. The summed E-state index contributed by atoms with van der Waals surface area (Å²) in [5.74, 6) is -5.84. The molecule has 0 aliphatic heterocycles. The van der Waals surface area contributed by atoms with Gasteiger partial charge >= 0.3 is 11.9 Å². The van der Waals surface area contributed by atoms with Crippen LogP contribution in [0.15, 0.2) is 0 Å². The molecule has 5 unspecified atom stereocenters. The number of unbranched alkanes of at least 4 members (excludes halogenated alkanes) is 1. The Morgan fingerprint density at radius 3 is 1.75 bits per heavy atom. The van der Waals surface area contributed by atoms with E-state index in [9.17, 15) is 33.9 Å². The van der Waals surface area contributed by atoms with Crippen molar-refractivity contribution in [3.63, 3.8) is 0 Å². The van der Waals surface area contributed by atoms with Gasteiger partial charge in [0.05, 0.1) is 6.04 Å². The van der Waals surface area contributed by atoms with Crippen LogP contribution in [0, 0.1) is 5.92 Å². The van der Waals surface area contributed by atoms with Crippen molar-refractivity contribution in [1.82, 2.24) is 16.0 Å². The van der Waals surface area contributed by atoms with Crippen molar-refractivity contribution in [3.8, 4) is 0 Å². The minimum absolute atomic E-state index is 0.148. The van der Waals surface area contributed by atoms with Gasteiger partial charge in [0.25, 0.3) is 0 Å². The fraction of sp³-hybridized carbons (Fsp3) is 0.727. The summed E-state index contributed by atoms with van der Waals surface area (Å²) in [7, 11) is 0. The molecule has 0 heterocycles. The number of nitrogens with one attached hydrogen (secondary N) is 3. The van der Waals surface area contributed by atoms with Crippen molar-refractivity contribution < 1.29 is 39.0 Å². The lowest BCUT2D eigenvalue weighted by Crippen LogP contribution is -2.57. The number of carboxylic acids is 2. The lowest BCUT2D eigenvalue weighted by Gasteiger charge is -2.26. The van der Waals surface area contributed by atoms with Gasteiger partial charge in [-0.05, 0) is 44.6 Å². The quantitative estimate of drug-likeness (QED) is 0.0889. The van der Waals surface area contributed by atoms with Crippen molar-refractivity contribution in [2.24, 2.45) is 23.1 Å². The van der Waals surface area contributed by atoms with Gasteiger partial charge in [-0.1, -0.05) is 20.3 Å². The molecule has 36 heavy (non-hydrogen) atoms. The van der Waals surface area contributed by atoms with Crippen LogP contribution in [0.25, 0.3) is 0 Å². The van der Waals surface area contributed by atoms with E-state index in [1.807, 2.05) is 6.92 Å². The zero-order valence-electron chi connectivity index (χ0n) is 20.8. The van der Waals surface area contributed by atoms with Crippen LogP contribution in [-0.2, 0) is 28.8 Å². The molecule has 0 saturated carbocycles. The molecule has 0 aliphatic carbocycles. The normalized spacial score (nSPS) is 15.0. The van der Waals surface area contributed by atoms with E-state index < -0.39 is 72.6 Å². The Hall–Kier alpha value is -3.26. The minimum atomic E-state index is -1.53. The molecule has 0 aromatic carbocycles. The number of rotatable bonds is 19. The molecule has 14 nitrogen and oxygen atoms in total. The molecule has 0 aromatic heterocycles. The first-order valence-corrected chi connectivity index (χ1v) is 11.9. The number of carboxylic acid groups (broad SMARTS) is 2. The summed E-state index contributed by atoms with van der Waals surface area (Å²) >= 11 is 0. The first-order chi connectivity index (χ1) is 16.8. The van der Waals surface area contributed by atoms with E-state index >= 15 is 0 Å². The molecule has 14 heteroatoms. The van der Waals surface area contributed by atoms with Gasteiger partial charge in [0, 0.05) is 12.8 Å². The van der Waals surface area contributed by atoms with Gasteiger partial charge < -0.3 is 43.4 Å². The number of primary amides is 1. The van der Waals surface area contributed by atoms with Crippen LogP contribution >= 0.6 is 0 Å². The highest BCUT2D eigenvalue weighted by molar-refractivity contribution is 5.94. The Labute approximate surface area is 210 Å². The lowest BCUT2D eigenvalue weighted by molar-refractivity contribution is -0.143. The summed E-state index contributed by atoms with van der Waals surface area (Å²) in [6.45, 7) is 4.03. The molecule has 11 N–H and O–H groups in total. The summed E-state index contributed by atoms with van der Waals surface area (Å²) in [5.41, 5.74) is 16.6. The zero-order chi connectivity index (χ0) is 27.8. The Morgan fingerprint density at radius 1 is 0.778 bits per heavy atom. The average molecular weight is 517 g/mol. The SMILES string of the molecule is CCC(C)C(N)C(=O)NC(CCCCN)C(=O)NC(CCC(N)=O)C(=O)NC(CCC(=O)O)C(=O)O. The Balaban J connectivity index is 5.63. The molecule has 0 bridgehead atoms. The van der Waals surface area contributed by atoms with E-state index in [4.69, 9.17) is 22.3 Å². The summed E-state index contributed by atoms with van der Waals surface area (Å²) in [5, 5.41) is 25.3. The molecule has 0 radical (unpaired) electrons. The first-order valence-electron chi connectivity index (χ1n) is 11.9. The molecule has 0 aliphatic rings. The third-order valence-electron chi connectivity index (χ3n) is 5.71. The molecule has 0 rings (SSSR count). The third kappa shape index (κ3) is 13.0. The number of hydrogen-bond donors (Lipinski definition) is 8. The van der Waals surface area contributed by atoms with Gasteiger partial charge in [-0.3, -0.25) is 24.0 Å². The van der Waals surface area contributed by atoms with Crippen LogP contribution in [0.3, 0.4) is 0 Å². The van der Waals surface area contributed by atoms with E-state index in [0.29, 0.717) is 25.8 Å². The molecule has 5 atom stereocenters. The van der Waals surface area contributed by atoms with Crippen LogP contribution in [-0.4, -0.2) is 76.5 Å². The predicted molar refractivity (Wildman–Crippen MR) is 129 cm³/mol. The number of aliphatic carboxylic acids is 2. The summed E-state index contributed by atoms with van der Waals surface area (Å²) < 4.78 is 0. The predicted octanol–water partition coefficient (Wildman–Crippen LogP) is -1.84. The second-order valence-corrected chi connectivity index (χ2v) is 8.65. The Bertz CT molecular complexity index is 778. The average Bonchev–Trinajstić information content (AvgIpc) is 2.81. The van der Waals surface area contributed by atoms with E-state index in [0.717, 1.165) is 0 Å². The lowest BCUT2D eigenvalue weighted by atomic mass is 9.98. The van der Waals surface area contributed by atoms with E-state index in [2.05, 4.69) is 16.0 Å². The first kappa shape index (κ1) is 32.7. The van der Waals surface area contributed by atoms with Crippen LogP contribution < -0.4 is 33.2 Å². The van der Waals surface area contributed by atoms with Crippen molar-refractivity contribution >= 4 is 35.6 Å². The van der Waals surface area contributed by atoms with Gasteiger partial charge in [0.1, 0.15) is 18.1 Å². The summed E-state index contributed by atoms with van der Waals surface area (Å²) in [6.07, 6.45) is 0.458. The molecule has 4 amide bonds. The maximum atomic E-state index is 13.0. The van der Waals surface area contributed by atoms with Crippen LogP contribution in [0.4, 0.5) is 0 Å². The second kappa shape index (κ2) is 17.2. The number of nitrogens with two attached hydrogens (primary N) is 3. The topological polar surface area (TPSA) is 257 Å². The summed E-state index contributed by atoms with van der Waals surface area (Å²) in [4.78, 5) is 71.9. The Morgan fingerprint density at radius 2 is 1.28 bits per heavy atom. The molecule has 0 spiro atoms. The standard InChI is InChI=1S/C22H40N6O8/c1-3-12(2)18(25)21(34)27-13(6-4-5-11-23)19(32)26-14(7-9-16(24)29)20(33)28-15(22(35)36)8-10-17(30)31/h12-15,18H,3-11,23,25H2,1-2H3,(H2,24,29)(H,26,32)(H,27,34)(H,28,33)(H,30,31)(H,35,36). The Kier molecular flexibility index (Phi) is 15.7. The molecule has 0 fully saturated rings. The van der Waals surface area contributed by atoms with Gasteiger partial charge in [-0.25, -0.2) is 4.79 Å². The molecular weight excluding hydrogens is 476 g/mol. The smallest absolute Gasteiger partial charge is 0.326 e. The van der Waals surface area contributed by atoms with Crippen LogP contribution in [0.1, 0.15) is 65.2 Å². The van der Waals surface area contributed by atoms with Gasteiger partial charge in [0.15, 0.2) is 0 Å². The van der Waals surface area contributed by atoms with E-state index in [-0.39, 0.29) is 25.2 Å². The highest BCUT2D eigenvalue weighted by atomic mass is 16.4. The van der Waals surface area contributed by atoms with Crippen LogP contribution in [0.2, 0.25) is 0 Å². The number of hydrogen-bond acceptors (Lipinski definition) is 8. The zero-order valence-corrected chi connectivity index (χ0v) is 20.8. The van der Waals surface area contributed by atoms with Crippen molar-refractivity contribution in [1.29, 1.82) is 0 Å². The van der Waals surface area contributed by atoms with Crippen molar-refractivity contribution in [3.05, 3.63) is 0 Å². The van der Waals surface area contributed by atoms with Crippen molar-refractivity contribution in [2.45, 2.75) is 89.4 Å². The minimum Gasteiger partial charge on any atom is -0.481 e. The number of amides is 4. The van der Waals surface area contributed by atoms with Crippen molar-refractivity contribution in [2.75, 3.05) is 6.54 Å². The van der Waals surface area contributed by atoms with E-state index in [1.54, 1.807) is 6.92 Å². The maximum Gasteiger partial charge on any atom is 0.326 e. The maximum absolute atomic E-state index is 13.0. The largest absolute Gasteiger partial charge is 0.481 e. The molecule has 0 saturated heterocycles. The molecule has 0 aromatic rings. The van der Waals surface area contributed by atoms with E-state index in [1.165, 1.54) is 0 Å². The highest BCUT2D eigenvalue weighted by Crippen LogP contribution is 2.09. The fourth-order valence-electron chi connectivity index (χ4n) is 3.17. The molecule has 206 valence electrons. The third-order valence-corrected chi connectivity index (χ3v) is 5.71. The van der Waals surface area contributed by atoms with Gasteiger partial charge in [0.2, 0.25) is 23.6 Å². The summed E-state index contributed by atoms with van der Waals surface area (Å²) in [6, 6.07) is -4.83. The van der Waals surface area contributed by atoms with Crippen LogP contribution in [0.5, 0.6) is 0 Å². The highest BCUT2D eigenvalue weighted by Gasteiger charge is 2.31.